The summed E-state index contributed by atoms with van der Waals surface area (Å²) in [6, 6.07) is 14.7. The van der Waals surface area contributed by atoms with Gasteiger partial charge in [0.25, 0.3) is 0 Å². The van der Waals surface area contributed by atoms with Gasteiger partial charge in [0.15, 0.2) is 0 Å². The quantitative estimate of drug-likeness (QED) is 0.765. The van der Waals surface area contributed by atoms with E-state index in [-0.39, 0.29) is 5.69 Å². The number of rotatable bonds is 3. The number of para-hydroxylation sites is 2. The first-order valence-corrected chi connectivity index (χ1v) is 6.03. The average molecular weight is 265 g/mol. The molecule has 19 heavy (non-hydrogen) atoms. The third kappa shape index (κ3) is 2.89. The van der Waals surface area contributed by atoms with Crippen molar-refractivity contribution in [2.75, 3.05) is 11.4 Å². The van der Waals surface area contributed by atoms with E-state index in [0.29, 0.717) is 6.54 Å². The van der Waals surface area contributed by atoms with Crippen molar-refractivity contribution >= 4 is 11.4 Å². The Kier molecular flexibility index (Phi) is 3.79. The summed E-state index contributed by atoms with van der Waals surface area (Å²) in [6.45, 7) is 2.30. The average Bonchev–Trinajstić information content (AvgIpc) is 2.40. The standard InChI is InChI=1S/C15H14F3N/c1-2-19(12-8-4-3-5-9-12)14-11-7-6-10-13(14)15(16,17)18/h3-11H,2H2,1H3. The first-order chi connectivity index (χ1) is 9.04. The Balaban J connectivity index is 2.51. The fourth-order valence-electron chi connectivity index (χ4n) is 2.05. The topological polar surface area (TPSA) is 3.24 Å². The third-order valence-electron chi connectivity index (χ3n) is 2.88. The molecule has 0 bridgehead atoms. The van der Waals surface area contributed by atoms with Gasteiger partial charge in [-0.3, -0.25) is 0 Å². The van der Waals surface area contributed by atoms with E-state index in [2.05, 4.69) is 0 Å². The predicted molar refractivity (Wildman–Crippen MR) is 70.6 cm³/mol. The molecule has 100 valence electrons. The smallest absolute Gasteiger partial charge is 0.341 e. The van der Waals surface area contributed by atoms with Gasteiger partial charge >= 0.3 is 6.18 Å². The zero-order valence-electron chi connectivity index (χ0n) is 10.5. The molecule has 0 aliphatic carbocycles. The second-order valence-corrected chi connectivity index (χ2v) is 4.09. The van der Waals surface area contributed by atoms with Crippen molar-refractivity contribution < 1.29 is 13.2 Å². The Hall–Kier alpha value is -1.97. The van der Waals surface area contributed by atoms with Gasteiger partial charge in [0, 0.05) is 12.2 Å². The van der Waals surface area contributed by atoms with Crippen LogP contribution in [0.1, 0.15) is 12.5 Å². The first-order valence-electron chi connectivity index (χ1n) is 6.03. The highest BCUT2D eigenvalue weighted by Gasteiger charge is 2.34. The highest BCUT2D eigenvalue weighted by Crippen LogP contribution is 2.38. The maximum atomic E-state index is 13.0. The Labute approximate surface area is 110 Å². The van der Waals surface area contributed by atoms with Crippen molar-refractivity contribution in [1.82, 2.24) is 0 Å². The summed E-state index contributed by atoms with van der Waals surface area (Å²) in [5.74, 6) is 0. The number of hydrogen-bond acceptors (Lipinski definition) is 1. The Morgan fingerprint density at radius 2 is 1.47 bits per heavy atom. The van der Waals surface area contributed by atoms with E-state index >= 15 is 0 Å². The van der Waals surface area contributed by atoms with Crippen LogP contribution in [0.25, 0.3) is 0 Å². The minimum atomic E-state index is -4.35. The van der Waals surface area contributed by atoms with Crippen LogP contribution in [0.15, 0.2) is 54.6 Å². The minimum Gasteiger partial charge on any atom is -0.341 e. The molecule has 0 radical (unpaired) electrons. The van der Waals surface area contributed by atoms with Gasteiger partial charge in [-0.25, -0.2) is 0 Å². The molecule has 2 aromatic rings. The van der Waals surface area contributed by atoms with E-state index in [0.717, 1.165) is 11.8 Å². The molecule has 0 aliphatic heterocycles. The Bertz CT molecular complexity index is 535. The Morgan fingerprint density at radius 3 is 2.05 bits per heavy atom. The SMILES string of the molecule is CCN(c1ccccc1)c1ccccc1C(F)(F)F. The molecule has 0 spiro atoms. The number of hydrogen-bond donors (Lipinski definition) is 0. The number of alkyl halides is 3. The molecule has 0 saturated heterocycles. The van der Waals surface area contributed by atoms with Crippen LogP contribution >= 0.6 is 0 Å². The summed E-state index contributed by atoms with van der Waals surface area (Å²) in [5, 5.41) is 0. The van der Waals surface area contributed by atoms with E-state index in [4.69, 9.17) is 0 Å². The van der Waals surface area contributed by atoms with Crippen LogP contribution in [0.5, 0.6) is 0 Å². The van der Waals surface area contributed by atoms with Crippen LogP contribution in [0, 0.1) is 0 Å². The second kappa shape index (κ2) is 5.34. The number of nitrogens with zero attached hydrogens (tertiary/aromatic N) is 1. The highest BCUT2D eigenvalue weighted by molar-refractivity contribution is 5.66. The summed E-state index contributed by atoms with van der Waals surface area (Å²) < 4.78 is 39.1. The predicted octanol–water partition coefficient (Wildman–Crippen LogP) is 4.86. The van der Waals surface area contributed by atoms with Gasteiger partial charge in [0.2, 0.25) is 0 Å². The lowest BCUT2D eigenvalue weighted by Gasteiger charge is -2.26. The fourth-order valence-corrected chi connectivity index (χ4v) is 2.05. The summed E-state index contributed by atoms with van der Waals surface area (Å²) in [5.41, 5.74) is 0.325. The normalized spacial score (nSPS) is 11.4. The molecule has 2 rings (SSSR count). The lowest BCUT2D eigenvalue weighted by Crippen LogP contribution is -2.20. The molecule has 0 atom stereocenters. The highest BCUT2D eigenvalue weighted by atomic mass is 19.4. The van der Waals surface area contributed by atoms with E-state index in [9.17, 15) is 13.2 Å². The largest absolute Gasteiger partial charge is 0.418 e. The van der Waals surface area contributed by atoms with Crippen LogP contribution in [-0.2, 0) is 6.18 Å². The molecule has 0 amide bonds. The van der Waals surface area contributed by atoms with Gasteiger partial charge in [-0.05, 0) is 31.2 Å². The van der Waals surface area contributed by atoms with Crippen molar-refractivity contribution in [1.29, 1.82) is 0 Å². The van der Waals surface area contributed by atoms with E-state index < -0.39 is 11.7 Å². The molecule has 0 fully saturated rings. The molecule has 0 N–H and O–H groups in total. The van der Waals surface area contributed by atoms with Crippen molar-refractivity contribution in [3.63, 3.8) is 0 Å². The van der Waals surface area contributed by atoms with Crippen molar-refractivity contribution in [2.45, 2.75) is 13.1 Å². The number of halogens is 3. The van der Waals surface area contributed by atoms with Gasteiger partial charge in [-0.2, -0.15) is 13.2 Å². The fraction of sp³-hybridized carbons (Fsp3) is 0.200. The molecule has 0 unspecified atom stereocenters. The molecule has 2 aromatic carbocycles. The van der Waals surface area contributed by atoms with E-state index in [1.54, 1.807) is 23.1 Å². The van der Waals surface area contributed by atoms with Gasteiger partial charge in [-0.15, -0.1) is 0 Å². The lowest BCUT2D eigenvalue weighted by molar-refractivity contribution is -0.137. The number of anilines is 2. The molecule has 4 heteroatoms. The summed E-state index contributed by atoms with van der Waals surface area (Å²) in [7, 11) is 0. The summed E-state index contributed by atoms with van der Waals surface area (Å²) in [6.07, 6.45) is -4.35. The molecule has 1 nitrogen and oxygen atoms in total. The maximum Gasteiger partial charge on any atom is 0.418 e. The van der Waals surface area contributed by atoms with Crippen LogP contribution in [0.2, 0.25) is 0 Å². The van der Waals surface area contributed by atoms with Crippen LogP contribution in [0.3, 0.4) is 0 Å². The minimum absolute atomic E-state index is 0.184. The Morgan fingerprint density at radius 1 is 0.895 bits per heavy atom. The molecular formula is C15H14F3N. The van der Waals surface area contributed by atoms with Crippen LogP contribution in [-0.4, -0.2) is 6.54 Å². The molecule has 0 heterocycles. The van der Waals surface area contributed by atoms with Gasteiger partial charge in [0.05, 0.1) is 11.3 Å². The number of benzene rings is 2. The summed E-state index contributed by atoms with van der Waals surface area (Å²) >= 11 is 0. The van der Waals surface area contributed by atoms with Gasteiger partial charge in [0.1, 0.15) is 0 Å². The van der Waals surface area contributed by atoms with Gasteiger partial charge in [-0.1, -0.05) is 30.3 Å². The first kappa shape index (κ1) is 13.5. The maximum absolute atomic E-state index is 13.0. The summed E-state index contributed by atoms with van der Waals surface area (Å²) in [4.78, 5) is 1.66. The molecular weight excluding hydrogens is 251 g/mol. The molecule has 0 aromatic heterocycles. The monoisotopic (exact) mass is 265 g/mol. The molecule has 0 aliphatic rings. The van der Waals surface area contributed by atoms with Crippen molar-refractivity contribution in [3.05, 3.63) is 60.2 Å². The van der Waals surface area contributed by atoms with Crippen LogP contribution in [0.4, 0.5) is 24.5 Å². The van der Waals surface area contributed by atoms with Gasteiger partial charge < -0.3 is 4.90 Å². The van der Waals surface area contributed by atoms with E-state index in [1.807, 2.05) is 25.1 Å². The van der Waals surface area contributed by atoms with E-state index in [1.165, 1.54) is 12.1 Å². The van der Waals surface area contributed by atoms with Crippen LogP contribution < -0.4 is 4.90 Å². The molecule has 0 saturated carbocycles. The third-order valence-corrected chi connectivity index (χ3v) is 2.88. The zero-order valence-corrected chi connectivity index (χ0v) is 10.5. The lowest BCUT2D eigenvalue weighted by atomic mass is 10.1. The van der Waals surface area contributed by atoms with Crippen molar-refractivity contribution in [2.24, 2.45) is 0 Å². The zero-order chi connectivity index (χ0) is 13.9. The second-order valence-electron chi connectivity index (χ2n) is 4.09. The van der Waals surface area contributed by atoms with Crippen molar-refractivity contribution in [3.8, 4) is 0 Å².